The maximum absolute atomic E-state index is 11.5. The van der Waals surface area contributed by atoms with Gasteiger partial charge in [-0.3, -0.25) is 4.84 Å². The first kappa shape index (κ1) is 13.4. The first-order valence-electron chi connectivity index (χ1n) is 6.12. The minimum atomic E-state index is -1.13. The lowest BCUT2D eigenvalue weighted by atomic mass is 9.88. The highest BCUT2D eigenvalue weighted by Crippen LogP contribution is 2.20. The molecular formula is C13H16N2O4. The number of carboxylic acids is 1. The van der Waals surface area contributed by atoms with E-state index in [2.05, 4.69) is 27.8 Å². The molecule has 102 valence electrons. The highest BCUT2D eigenvalue weighted by molar-refractivity contribution is 5.73. The van der Waals surface area contributed by atoms with E-state index in [-0.39, 0.29) is 6.04 Å². The topological polar surface area (TPSA) is 87.7 Å². The van der Waals surface area contributed by atoms with E-state index in [1.165, 1.54) is 11.1 Å². The quantitative estimate of drug-likeness (QED) is 0.704. The molecule has 2 amide bonds. The third-order valence-corrected chi connectivity index (χ3v) is 3.04. The minimum absolute atomic E-state index is 0.0447. The Morgan fingerprint density at radius 2 is 2.05 bits per heavy atom. The normalized spacial score (nSPS) is 17.4. The molecule has 1 unspecified atom stereocenters. The van der Waals surface area contributed by atoms with Crippen molar-refractivity contribution in [2.45, 2.75) is 25.3 Å². The van der Waals surface area contributed by atoms with Crippen LogP contribution in [0.5, 0.6) is 0 Å². The maximum Gasteiger partial charge on any atom is 0.338 e. The van der Waals surface area contributed by atoms with Gasteiger partial charge in [0.1, 0.15) is 0 Å². The van der Waals surface area contributed by atoms with Crippen LogP contribution >= 0.6 is 0 Å². The Labute approximate surface area is 110 Å². The van der Waals surface area contributed by atoms with Crippen molar-refractivity contribution in [3.8, 4) is 0 Å². The molecule has 0 saturated heterocycles. The van der Waals surface area contributed by atoms with E-state index < -0.39 is 18.6 Å². The van der Waals surface area contributed by atoms with Gasteiger partial charge in [-0.1, -0.05) is 24.3 Å². The molecule has 3 N–H and O–H groups in total. The van der Waals surface area contributed by atoms with Gasteiger partial charge in [0, 0.05) is 6.04 Å². The molecule has 6 heteroatoms. The summed E-state index contributed by atoms with van der Waals surface area (Å²) in [4.78, 5) is 26.2. The van der Waals surface area contributed by atoms with Crippen LogP contribution in [0.1, 0.15) is 17.5 Å². The molecule has 1 aromatic carbocycles. The molecule has 0 aromatic heterocycles. The van der Waals surface area contributed by atoms with E-state index in [0.29, 0.717) is 0 Å². The average molecular weight is 264 g/mol. The number of nitrogens with one attached hydrogen (secondary N) is 2. The van der Waals surface area contributed by atoms with Crippen molar-refractivity contribution < 1.29 is 19.5 Å². The van der Waals surface area contributed by atoms with Gasteiger partial charge in [-0.25, -0.2) is 15.1 Å². The summed E-state index contributed by atoms with van der Waals surface area (Å²) in [5, 5.41) is 11.1. The van der Waals surface area contributed by atoms with Gasteiger partial charge >= 0.3 is 12.0 Å². The van der Waals surface area contributed by atoms with Gasteiger partial charge in [0.05, 0.1) is 0 Å². The van der Waals surface area contributed by atoms with Crippen molar-refractivity contribution in [2.75, 3.05) is 6.61 Å². The molecule has 2 rings (SSSR count). The van der Waals surface area contributed by atoms with Crippen LogP contribution < -0.4 is 10.8 Å². The Kier molecular flexibility index (Phi) is 4.35. The molecule has 1 aliphatic rings. The van der Waals surface area contributed by atoms with Crippen molar-refractivity contribution in [1.29, 1.82) is 0 Å². The molecule has 0 heterocycles. The summed E-state index contributed by atoms with van der Waals surface area (Å²) in [7, 11) is 0. The molecule has 19 heavy (non-hydrogen) atoms. The number of carbonyl (C=O) groups excluding carboxylic acids is 1. The summed E-state index contributed by atoms with van der Waals surface area (Å²) in [6.07, 6.45) is 2.57. The molecule has 0 saturated carbocycles. The van der Waals surface area contributed by atoms with Crippen LogP contribution in [-0.4, -0.2) is 29.8 Å². The van der Waals surface area contributed by atoms with Crippen LogP contribution in [-0.2, 0) is 22.5 Å². The lowest BCUT2D eigenvalue weighted by Gasteiger charge is -2.25. The van der Waals surface area contributed by atoms with E-state index in [1.807, 2.05) is 12.1 Å². The second-order valence-electron chi connectivity index (χ2n) is 4.47. The Bertz CT molecular complexity index is 475. The molecule has 0 fully saturated rings. The zero-order chi connectivity index (χ0) is 13.7. The number of rotatable bonds is 4. The molecule has 0 radical (unpaired) electrons. The van der Waals surface area contributed by atoms with Gasteiger partial charge in [0.15, 0.2) is 6.61 Å². The third-order valence-electron chi connectivity index (χ3n) is 3.04. The van der Waals surface area contributed by atoms with Crippen molar-refractivity contribution in [2.24, 2.45) is 0 Å². The summed E-state index contributed by atoms with van der Waals surface area (Å²) < 4.78 is 0. The number of aryl methyl sites for hydroxylation is 1. The van der Waals surface area contributed by atoms with Gasteiger partial charge < -0.3 is 10.4 Å². The number of hydrogen-bond acceptors (Lipinski definition) is 3. The molecule has 6 nitrogen and oxygen atoms in total. The van der Waals surface area contributed by atoms with E-state index in [4.69, 9.17) is 5.11 Å². The fraction of sp³-hybridized carbons (Fsp3) is 0.385. The number of carbonyl (C=O) groups is 2. The van der Waals surface area contributed by atoms with Crippen LogP contribution in [0.3, 0.4) is 0 Å². The standard InChI is InChI=1S/C13H16N2O4/c16-12(17)8-19-15-13(18)14-11-6-5-9-3-1-2-4-10(9)7-11/h1-4,11H,5-8H2,(H,16,17)(H2,14,15,18). The summed E-state index contributed by atoms with van der Waals surface area (Å²) in [5.74, 6) is -1.13. The Balaban J connectivity index is 1.79. The third kappa shape index (κ3) is 3.96. The number of amides is 2. The van der Waals surface area contributed by atoms with E-state index in [9.17, 15) is 9.59 Å². The lowest BCUT2D eigenvalue weighted by molar-refractivity contribution is -0.144. The van der Waals surface area contributed by atoms with Crippen molar-refractivity contribution in [3.63, 3.8) is 0 Å². The van der Waals surface area contributed by atoms with Crippen molar-refractivity contribution >= 4 is 12.0 Å². The highest BCUT2D eigenvalue weighted by Gasteiger charge is 2.19. The molecule has 1 atom stereocenters. The first-order valence-corrected chi connectivity index (χ1v) is 6.12. The van der Waals surface area contributed by atoms with Crippen molar-refractivity contribution in [1.82, 2.24) is 10.8 Å². The van der Waals surface area contributed by atoms with E-state index >= 15 is 0 Å². The van der Waals surface area contributed by atoms with Crippen LogP contribution in [0.4, 0.5) is 4.79 Å². The Morgan fingerprint density at radius 3 is 2.79 bits per heavy atom. The maximum atomic E-state index is 11.5. The number of fused-ring (bicyclic) bond motifs is 1. The zero-order valence-electron chi connectivity index (χ0n) is 10.4. The van der Waals surface area contributed by atoms with Gasteiger partial charge in [-0.05, 0) is 30.4 Å². The van der Waals surface area contributed by atoms with Crippen LogP contribution in [0.2, 0.25) is 0 Å². The van der Waals surface area contributed by atoms with Gasteiger partial charge in [-0.2, -0.15) is 0 Å². The van der Waals surface area contributed by atoms with Crippen LogP contribution in [0, 0.1) is 0 Å². The zero-order valence-corrected chi connectivity index (χ0v) is 10.4. The molecule has 1 aliphatic carbocycles. The van der Waals surface area contributed by atoms with Crippen LogP contribution in [0.15, 0.2) is 24.3 Å². The number of hydroxylamine groups is 1. The number of urea groups is 1. The van der Waals surface area contributed by atoms with Crippen molar-refractivity contribution in [3.05, 3.63) is 35.4 Å². The Hall–Kier alpha value is -2.08. The number of hydrogen-bond donors (Lipinski definition) is 3. The number of benzene rings is 1. The molecular weight excluding hydrogens is 248 g/mol. The van der Waals surface area contributed by atoms with E-state index in [1.54, 1.807) is 0 Å². The number of aliphatic carboxylic acids is 1. The SMILES string of the molecule is O=C(O)CONC(=O)NC1CCc2ccccc2C1. The number of carboxylic acid groups (broad SMARTS) is 1. The molecule has 0 spiro atoms. The highest BCUT2D eigenvalue weighted by atomic mass is 16.7. The fourth-order valence-electron chi connectivity index (χ4n) is 2.20. The molecule has 0 aliphatic heterocycles. The van der Waals surface area contributed by atoms with E-state index in [0.717, 1.165) is 19.3 Å². The summed E-state index contributed by atoms with van der Waals surface area (Å²) in [5.41, 5.74) is 4.62. The minimum Gasteiger partial charge on any atom is -0.479 e. The summed E-state index contributed by atoms with van der Waals surface area (Å²) in [6, 6.07) is 7.69. The largest absolute Gasteiger partial charge is 0.479 e. The van der Waals surface area contributed by atoms with Gasteiger partial charge in [-0.15, -0.1) is 0 Å². The lowest BCUT2D eigenvalue weighted by Crippen LogP contribution is -2.44. The van der Waals surface area contributed by atoms with Crippen LogP contribution in [0.25, 0.3) is 0 Å². The summed E-state index contributed by atoms with van der Waals surface area (Å²) in [6.45, 7) is -0.555. The average Bonchev–Trinajstić information content (AvgIpc) is 2.38. The Morgan fingerprint density at radius 1 is 1.32 bits per heavy atom. The monoisotopic (exact) mass is 264 g/mol. The predicted octanol–water partition coefficient (Wildman–Crippen LogP) is 0.859. The molecule has 1 aromatic rings. The smallest absolute Gasteiger partial charge is 0.338 e. The fourth-order valence-corrected chi connectivity index (χ4v) is 2.20. The predicted molar refractivity (Wildman–Crippen MR) is 67.5 cm³/mol. The second-order valence-corrected chi connectivity index (χ2v) is 4.47. The first-order chi connectivity index (χ1) is 9.15. The van der Waals surface area contributed by atoms with Gasteiger partial charge in [0.2, 0.25) is 0 Å². The van der Waals surface area contributed by atoms with Gasteiger partial charge in [0.25, 0.3) is 0 Å². The second kappa shape index (κ2) is 6.19. The molecule has 0 bridgehead atoms. The summed E-state index contributed by atoms with van der Waals surface area (Å²) >= 11 is 0.